The molecule has 0 radical (unpaired) electrons. The van der Waals surface area contributed by atoms with Crippen LogP contribution in [0.1, 0.15) is 80.0 Å². The Morgan fingerprint density at radius 3 is 2.00 bits per heavy atom. The summed E-state index contributed by atoms with van der Waals surface area (Å²) in [6.45, 7) is 18.5. The topological polar surface area (TPSA) is 21.3 Å². The molecule has 0 heterocycles. The predicted octanol–water partition coefficient (Wildman–Crippen LogP) is 9.10. The van der Waals surface area contributed by atoms with E-state index in [1.165, 1.54) is 44.2 Å². The summed E-state index contributed by atoms with van der Waals surface area (Å²) in [5.41, 5.74) is 9.25. The third-order valence-corrected chi connectivity index (χ3v) is 10.1. The standard InChI is InChI=1S/C37H46NOP/c1-8-37(7,40-35-27(2)16-15-21-31(35)25-38-24-29-17-11-9-12-18-29)33-23-32(36(4,5)6)22-28(3)34(33)39-26-30-19-13-10-14-20-30/h9-23,38,40H,8,24-26H2,1-7H3. The number of nitrogens with one attached hydrogen (secondary N) is 1. The molecule has 0 spiro atoms. The van der Waals surface area contributed by atoms with Crippen LogP contribution in [0.3, 0.4) is 0 Å². The molecular weight excluding hydrogens is 505 g/mol. The van der Waals surface area contributed by atoms with Gasteiger partial charge in [-0.3, -0.25) is 0 Å². The quantitative estimate of drug-likeness (QED) is 0.188. The highest BCUT2D eigenvalue weighted by atomic mass is 31.1. The summed E-state index contributed by atoms with van der Waals surface area (Å²) >= 11 is 0. The van der Waals surface area contributed by atoms with Crippen LogP contribution in [0.5, 0.6) is 5.75 Å². The van der Waals surface area contributed by atoms with Gasteiger partial charge in [0.2, 0.25) is 0 Å². The Morgan fingerprint density at radius 1 is 0.725 bits per heavy atom. The highest BCUT2D eigenvalue weighted by Crippen LogP contribution is 2.50. The lowest BCUT2D eigenvalue weighted by molar-refractivity contribution is 0.297. The Hall–Kier alpha value is -2.93. The molecule has 2 nitrogen and oxygen atoms in total. The summed E-state index contributed by atoms with van der Waals surface area (Å²) in [4.78, 5) is 0. The lowest BCUT2D eigenvalue weighted by atomic mass is 9.82. The first-order valence-electron chi connectivity index (χ1n) is 14.5. The van der Waals surface area contributed by atoms with Crippen LogP contribution >= 0.6 is 8.58 Å². The normalized spacial score (nSPS) is 13.5. The van der Waals surface area contributed by atoms with Crippen molar-refractivity contribution in [1.82, 2.24) is 5.32 Å². The molecular formula is C37H46NOP. The molecule has 0 amide bonds. The second kappa shape index (κ2) is 13.2. The molecule has 0 aliphatic rings. The molecule has 3 heteroatoms. The summed E-state index contributed by atoms with van der Waals surface area (Å²) in [5, 5.41) is 5.11. The van der Waals surface area contributed by atoms with Crippen LogP contribution in [0.15, 0.2) is 91.0 Å². The summed E-state index contributed by atoms with van der Waals surface area (Å²) in [5.74, 6) is 1.05. The van der Waals surface area contributed by atoms with Crippen molar-refractivity contribution in [3.05, 3.63) is 130 Å². The van der Waals surface area contributed by atoms with Gasteiger partial charge in [-0.25, -0.2) is 0 Å². The van der Waals surface area contributed by atoms with E-state index in [1.54, 1.807) is 0 Å². The van der Waals surface area contributed by atoms with E-state index in [2.05, 4.69) is 145 Å². The molecule has 0 bridgehead atoms. The van der Waals surface area contributed by atoms with E-state index in [1.807, 2.05) is 0 Å². The minimum atomic E-state index is -0.0572. The first-order chi connectivity index (χ1) is 19.1. The third kappa shape index (κ3) is 7.42. The zero-order valence-electron chi connectivity index (χ0n) is 25.4. The Morgan fingerprint density at radius 2 is 1.38 bits per heavy atom. The van der Waals surface area contributed by atoms with Crippen molar-refractivity contribution in [3.63, 3.8) is 0 Å². The van der Waals surface area contributed by atoms with E-state index in [4.69, 9.17) is 4.74 Å². The predicted molar refractivity (Wildman–Crippen MR) is 174 cm³/mol. The van der Waals surface area contributed by atoms with Gasteiger partial charge in [-0.1, -0.05) is 134 Å². The molecule has 4 aromatic rings. The molecule has 0 aromatic heterocycles. The fraction of sp³-hybridized carbons (Fsp3) is 0.351. The van der Waals surface area contributed by atoms with E-state index in [0.29, 0.717) is 15.2 Å². The SMILES string of the molecule is CCC(C)(Pc1c(C)cccc1CNCc1ccccc1)c1cc(C(C)(C)C)cc(C)c1OCc1ccccc1. The van der Waals surface area contributed by atoms with E-state index in [-0.39, 0.29) is 10.6 Å². The Bertz CT molecular complexity index is 1390. The monoisotopic (exact) mass is 551 g/mol. The van der Waals surface area contributed by atoms with Gasteiger partial charge in [0, 0.05) is 23.8 Å². The van der Waals surface area contributed by atoms with Crippen molar-refractivity contribution in [2.24, 2.45) is 0 Å². The lowest BCUT2D eigenvalue weighted by Gasteiger charge is -2.35. The van der Waals surface area contributed by atoms with Crippen LogP contribution in [-0.2, 0) is 30.3 Å². The number of hydrogen-bond acceptors (Lipinski definition) is 2. The molecule has 210 valence electrons. The number of rotatable bonds is 11. The van der Waals surface area contributed by atoms with Crippen molar-refractivity contribution >= 4 is 13.9 Å². The summed E-state index contributed by atoms with van der Waals surface area (Å²) in [7, 11) is 0.625. The van der Waals surface area contributed by atoms with E-state index < -0.39 is 0 Å². The second-order valence-corrected chi connectivity index (χ2v) is 14.1. The average molecular weight is 552 g/mol. The zero-order chi connectivity index (χ0) is 28.8. The number of aryl methyl sites for hydroxylation is 2. The molecule has 0 aliphatic heterocycles. The largest absolute Gasteiger partial charge is 0.488 e. The van der Waals surface area contributed by atoms with Gasteiger partial charge in [0.05, 0.1) is 0 Å². The fourth-order valence-electron chi connectivity index (χ4n) is 5.15. The highest BCUT2D eigenvalue weighted by Gasteiger charge is 2.32. The molecule has 40 heavy (non-hydrogen) atoms. The van der Waals surface area contributed by atoms with Crippen LogP contribution in [0.25, 0.3) is 0 Å². The second-order valence-electron chi connectivity index (χ2n) is 12.2. The van der Waals surface area contributed by atoms with Crippen LogP contribution < -0.4 is 15.4 Å². The molecule has 1 N–H and O–H groups in total. The molecule has 0 fully saturated rings. The molecule has 4 aromatic carbocycles. The summed E-state index contributed by atoms with van der Waals surface area (Å²) in [6.07, 6.45) is 1.03. The third-order valence-electron chi connectivity index (χ3n) is 7.92. The van der Waals surface area contributed by atoms with Crippen molar-refractivity contribution in [2.45, 2.75) is 85.2 Å². The van der Waals surface area contributed by atoms with Crippen LogP contribution in [0.2, 0.25) is 0 Å². The first-order valence-corrected chi connectivity index (χ1v) is 15.5. The lowest BCUT2D eigenvalue weighted by Crippen LogP contribution is -2.25. The zero-order valence-corrected chi connectivity index (χ0v) is 26.4. The van der Waals surface area contributed by atoms with Gasteiger partial charge >= 0.3 is 0 Å². The maximum atomic E-state index is 6.67. The minimum absolute atomic E-state index is 0.0572. The summed E-state index contributed by atoms with van der Waals surface area (Å²) in [6, 6.07) is 32.7. The van der Waals surface area contributed by atoms with Gasteiger partial charge in [0.15, 0.2) is 0 Å². The van der Waals surface area contributed by atoms with Gasteiger partial charge in [0.1, 0.15) is 12.4 Å². The van der Waals surface area contributed by atoms with Crippen LogP contribution in [0, 0.1) is 13.8 Å². The molecule has 0 saturated heterocycles. The van der Waals surface area contributed by atoms with Gasteiger partial charge in [0.25, 0.3) is 0 Å². The fourth-order valence-corrected chi connectivity index (χ4v) is 6.81. The Balaban J connectivity index is 1.69. The van der Waals surface area contributed by atoms with Gasteiger partial charge in [-0.05, 0) is 64.4 Å². The van der Waals surface area contributed by atoms with Crippen LogP contribution in [0.4, 0.5) is 0 Å². The highest BCUT2D eigenvalue weighted by molar-refractivity contribution is 7.48. The molecule has 0 saturated carbocycles. The van der Waals surface area contributed by atoms with Gasteiger partial charge < -0.3 is 10.1 Å². The molecule has 4 rings (SSSR count). The van der Waals surface area contributed by atoms with E-state index >= 15 is 0 Å². The molecule has 2 unspecified atom stereocenters. The minimum Gasteiger partial charge on any atom is -0.488 e. The number of hydrogen-bond donors (Lipinski definition) is 1. The van der Waals surface area contributed by atoms with E-state index in [0.717, 1.165) is 25.3 Å². The summed E-state index contributed by atoms with van der Waals surface area (Å²) < 4.78 is 6.67. The smallest absolute Gasteiger partial charge is 0.126 e. The van der Waals surface area contributed by atoms with E-state index in [9.17, 15) is 0 Å². The number of ether oxygens (including phenoxy) is 1. The maximum Gasteiger partial charge on any atom is 0.126 e. The van der Waals surface area contributed by atoms with Gasteiger partial charge in [-0.2, -0.15) is 0 Å². The van der Waals surface area contributed by atoms with Crippen molar-refractivity contribution in [1.29, 1.82) is 0 Å². The van der Waals surface area contributed by atoms with Crippen molar-refractivity contribution in [2.75, 3.05) is 0 Å². The maximum absolute atomic E-state index is 6.67. The first kappa shape index (κ1) is 30.0. The molecule has 0 aliphatic carbocycles. The van der Waals surface area contributed by atoms with Crippen LogP contribution in [-0.4, -0.2) is 0 Å². The van der Waals surface area contributed by atoms with Crippen molar-refractivity contribution in [3.8, 4) is 5.75 Å². The molecule has 2 atom stereocenters. The number of benzene rings is 4. The van der Waals surface area contributed by atoms with Crippen molar-refractivity contribution < 1.29 is 4.74 Å². The average Bonchev–Trinajstić information content (AvgIpc) is 2.94. The van der Waals surface area contributed by atoms with Gasteiger partial charge in [-0.15, -0.1) is 0 Å². The Labute approximate surface area is 244 Å². The Kier molecular flexibility index (Phi) is 9.88.